The molecule has 120 valence electrons. The maximum absolute atomic E-state index is 14.2. The second kappa shape index (κ2) is 9.23. The lowest BCUT2D eigenvalue weighted by Crippen LogP contribution is -2.45. The summed E-state index contributed by atoms with van der Waals surface area (Å²) in [7, 11) is 1.63. The van der Waals surface area contributed by atoms with Gasteiger partial charge in [-0.05, 0) is 24.6 Å². The topological polar surface area (TPSA) is 24.5 Å². The molecule has 0 bridgehead atoms. The molecule has 0 radical (unpaired) electrons. The highest BCUT2D eigenvalue weighted by Gasteiger charge is 2.24. The summed E-state index contributed by atoms with van der Waals surface area (Å²) in [6, 6.07) is 5.23. The molecule has 21 heavy (non-hydrogen) atoms. The number of piperazine rings is 1. The van der Waals surface area contributed by atoms with Gasteiger partial charge in [0.2, 0.25) is 0 Å². The number of halogens is 2. The quantitative estimate of drug-likeness (QED) is 0.870. The molecule has 1 atom stereocenters. The normalized spacial score (nSPS) is 17.1. The molecule has 0 aromatic heterocycles. The Morgan fingerprint density at radius 1 is 1.33 bits per heavy atom. The van der Waals surface area contributed by atoms with Crippen LogP contribution in [0.4, 0.5) is 4.39 Å². The van der Waals surface area contributed by atoms with Gasteiger partial charge >= 0.3 is 0 Å². The molecule has 1 aliphatic rings. The standard InChI is InChI=1S/C16H25FN2O.ClH/c1-3-4-5-16(19-10-8-18-9-11-19)14-12-13(20-2)6-7-15(14)17;/h6-7,12,16,18H,3-5,8-11H2,1-2H3;1H/t16-;/m0./s1. The average molecular weight is 317 g/mol. The smallest absolute Gasteiger partial charge is 0.128 e. The summed E-state index contributed by atoms with van der Waals surface area (Å²) in [6.07, 6.45) is 3.25. The Morgan fingerprint density at radius 2 is 2.05 bits per heavy atom. The molecule has 1 fully saturated rings. The van der Waals surface area contributed by atoms with Gasteiger partial charge in [-0.3, -0.25) is 4.90 Å². The Kier molecular flexibility index (Phi) is 8.01. The molecule has 2 rings (SSSR count). The summed E-state index contributed by atoms with van der Waals surface area (Å²) in [4.78, 5) is 2.39. The third kappa shape index (κ3) is 4.83. The highest BCUT2D eigenvalue weighted by atomic mass is 35.5. The fraction of sp³-hybridized carbons (Fsp3) is 0.625. The van der Waals surface area contributed by atoms with Crippen LogP contribution in [-0.2, 0) is 0 Å². The van der Waals surface area contributed by atoms with E-state index in [4.69, 9.17) is 4.74 Å². The molecule has 1 saturated heterocycles. The van der Waals surface area contributed by atoms with Crippen LogP contribution in [0.2, 0.25) is 0 Å². The number of ether oxygens (including phenoxy) is 1. The lowest BCUT2D eigenvalue weighted by molar-refractivity contribution is 0.160. The highest BCUT2D eigenvalue weighted by Crippen LogP contribution is 2.31. The van der Waals surface area contributed by atoms with E-state index < -0.39 is 0 Å². The summed E-state index contributed by atoms with van der Waals surface area (Å²) in [5.74, 6) is 0.614. The van der Waals surface area contributed by atoms with E-state index in [-0.39, 0.29) is 24.3 Å². The van der Waals surface area contributed by atoms with Gasteiger partial charge in [0.1, 0.15) is 11.6 Å². The van der Waals surface area contributed by atoms with Crippen molar-refractivity contribution in [3.8, 4) is 5.75 Å². The number of methoxy groups -OCH3 is 1. The fourth-order valence-corrected chi connectivity index (χ4v) is 2.83. The molecule has 5 heteroatoms. The van der Waals surface area contributed by atoms with Crippen molar-refractivity contribution < 1.29 is 9.13 Å². The van der Waals surface area contributed by atoms with Gasteiger partial charge in [-0.1, -0.05) is 19.8 Å². The van der Waals surface area contributed by atoms with Gasteiger partial charge in [0.25, 0.3) is 0 Å². The second-order valence-corrected chi connectivity index (χ2v) is 5.33. The van der Waals surface area contributed by atoms with Crippen molar-refractivity contribution in [3.63, 3.8) is 0 Å². The van der Waals surface area contributed by atoms with Gasteiger partial charge in [0, 0.05) is 37.8 Å². The summed E-state index contributed by atoms with van der Waals surface area (Å²) >= 11 is 0. The SMILES string of the molecule is CCCC[C@@H](c1cc(OC)ccc1F)N1CCNCC1.Cl. The van der Waals surface area contributed by atoms with Crippen molar-refractivity contribution in [2.45, 2.75) is 32.2 Å². The number of rotatable bonds is 6. The maximum atomic E-state index is 14.2. The Morgan fingerprint density at radius 3 is 2.67 bits per heavy atom. The van der Waals surface area contributed by atoms with Crippen molar-refractivity contribution >= 4 is 12.4 Å². The zero-order valence-electron chi connectivity index (χ0n) is 12.9. The average Bonchev–Trinajstić information content (AvgIpc) is 2.50. The van der Waals surface area contributed by atoms with Gasteiger partial charge in [-0.25, -0.2) is 4.39 Å². The predicted octanol–water partition coefficient (Wildman–Crippen LogP) is 3.39. The molecule has 1 aliphatic heterocycles. The van der Waals surface area contributed by atoms with Crippen LogP contribution in [-0.4, -0.2) is 38.2 Å². The zero-order chi connectivity index (χ0) is 14.4. The van der Waals surface area contributed by atoms with Crippen LogP contribution in [0.15, 0.2) is 18.2 Å². The van der Waals surface area contributed by atoms with E-state index in [1.165, 1.54) is 6.07 Å². The van der Waals surface area contributed by atoms with E-state index in [0.29, 0.717) is 0 Å². The van der Waals surface area contributed by atoms with Crippen molar-refractivity contribution in [1.82, 2.24) is 10.2 Å². The molecule has 0 amide bonds. The molecule has 3 nitrogen and oxygen atoms in total. The first kappa shape index (κ1) is 18.2. The predicted molar refractivity (Wildman–Crippen MR) is 86.9 cm³/mol. The maximum Gasteiger partial charge on any atom is 0.128 e. The van der Waals surface area contributed by atoms with Crippen LogP contribution in [0.3, 0.4) is 0 Å². The third-order valence-electron chi connectivity index (χ3n) is 3.99. The van der Waals surface area contributed by atoms with Crippen molar-refractivity contribution in [1.29, 1.82) is 0 Å². The van der Waals surface area contributed by atoms with Crippen LogP contribution in [0.5, 0.6) is 5.75 Å². The zero-order valence-corrected chi connectivity index (χ0v) is 13.7. The van der Waals surface area contributed by atoms with Gasteiger partial charge < -0.3 is 10.1 Å². The minimum absolute atomic E-state index is 0. The number of unbranched alkanes of at least 4 members (excludes halogenated alkanes) is 1. The van der Waals surface area contributed by atoms with Gasteiger partial charge in [0.05, 0.1) is 7.11 Å². The molecule has 0 aliphatic carbocycles. The fourth-order valence-electron chi connectivity index (χ4n) is 2.83. The molecular formula is C16H26ClFN2O. The van der Waals surface area contributed by atoms with Crippen molar-refractivity contribution in [2.24, 2.45) is 0 Å². The monoisotopic (exact) mass is 316 g/mol. The molecule has 0 spiro atoms. The first-order valence-corrected chi connectivity index (χ1v) is 7.54. The van der Waals surface area contributed by atoms with E-state index in [9.17, 15) is 4.39 Å². The van der Waals surface area contributed by atoms with Gasteiger partial charge in [-0.2, -0.15) is 0 Å². The van der Waals surface area contributed by atoms with E-state index in [1.54, 1.807) is 13.2 Å². The largest absolute Gasteiger partial charge is 0.497 e. The highest BCUT2D eigenvalue weighted by molar-refractivity contribution is 5.85. The Bertz CT molecular complexity index is 425. The van der Waals surface area contributed by atoms with Crippen LogP contribution < -0.4 is 10.1 Å². The van der Waals surface area contributed by atoms with E-state index in [0.717, 1.165) is 56.8 Å². The number of hydrogen-bond acceptors (Lipinski definition) is 3. The van der Waals surface area contributed by atoms with E-state index in [2.05, 4.69) is 17.1 Å². The summed E-state index contributed by atoms with van der Waals surface area (Å²) < 4.78 is 19.5. The minimum Gasteiger partial charge on any atom is -0.497 e. The summed E-state index contributed by atoms with van der Waals surface area (Å²) in [5.41, 5.74) is 0.778. The Hall–Kier alpha value is -0.840. The lowest BCUT2D eigenvalue weighted by Gasteiger charge is -2.35. The molecular weight excluding hydrogens is 291 g/mol. The van der Waals surface area contributed by atoms with Crippen LogP contribution in [0, 0.1) is 5.82 Å². The minimum atomic E-state index is -0.120. The Labute approximate surface area is 133 Å². The van der Waals surface area contributed by atoms with Crippen LogP contribution in [0.25, 0.3) is 0 Å². The number of hydrogen-bond donors (Lipinski definition) is 1. The molecule has 0 unspecified atom stereocenters. The van der Waals surface area contributed by atoms with E-state index in [1.807, 2.05) is 6.07 Å². The van der Waals surface area contributed by atoms with Crippen LogP contribution >= 0.6 is 12.4 Å². The molecule has 1 N–H and O–H groups in total. The third-order valence-corrected chi connectivity index (χ3v) is 3.99. The molecule has 1 heterocycles. The lowest BCUT2D eigenvalue weighted by atomic mass is 9.98. The van der Waals surface area contributed by atoms with Crippen LogP contribution in [0.1, 0.15) is 37.8 Å². The van der Waals surface area contributed by atoms with Crippen molar-refractivity contribution in [3.05, 3.63) is 29.6 Å². The number of benzene rings is 1. The van der Waals surface area contributed by atoms with E-state index >= 15 is 0 Å². The molecule has 1 aromatic carbocycles. The van der Waals surface area contributed by atoms with Gasteiger partial charge in [0.15, 0.2) is 0 Å². The number of nitrogens with one attached hydrogen (secondary N) is 1. The first-order chi connectivity index (χ1) is 9.76. The summed E-state index contributed by atoms with van der Waals surface area (Å²) in [6.45, 7) is 6.09. The number of nitrogens with zero attached hydrogens (tertiary/aromatic N) is 1. The molecule has 0 saturated carbocycles. The second-order valence-electron chi connectivity index (χ2n) is 5.33. The van der Waals surface area contributed by atoms with Gasteiger partial charge in [-0.15, -0.1) is 12.4 Å². The Balaban J connectivity index is 0.00000220. The summed E-state index contributed by atoms with van der Waals surface area (Å²) in [5, 5.41) is 3.35. The van der Waals surface area contributed by atoms with Crippen molar-refractivity contribution in [2.75, 3.05) is 33.3 Å². The first-order valence-electron chi connectivity index (χ1n) is 7.54. The molecule has 1 aromatic rings.